The molecule has 2 aromatic carbocycles. The van der Waals surface area contributed by atoms with E-state index in [0.717, 1.165) is 5.56 Å². The fourth-order valence-electron chi connectivity index (χ4n) is 2.88. The molecule has 0 spiro atoms. The number of likely N-dealkylation sites (N-methyl/N-ethyl adjacent to an activating group) is 1. The minimum absolute atomic E-state index is 0.0890. The summed E-state index contributed by atoms with van der Waals surface area (Å²) in [6.07, 6.45) is 1.39. The second-order valence-electron chi connectivity index (χ2n) is 6.62. The molecular weight excluding hydrogens is 426 g/mol. The Hall–Kier alpha value is -2.49. The van der Waals surface area contributed by atoms with E-state index in [0.29, 0.717) is 20.5 Å². The van der Waals surface area contributed by atoms with Gasteiger partial charge < -0.3 is 9.47 Å². The fraction of sp³-hybridized carbons (Fsp3) is 0.200. The van der Waals surface area contributed by atoms with Gasteiger partial charge in [-0.05, 0) is 12.1 Å². The van der Waals surface area contributed by atoms with Crippen LogP contribution in [0.2, 0.25) is 0 Å². The first-order chi connectivity index (χ1) is 13.8. The average molecular weight is 446 g/mol. The van der Waals surface area contributed by atoms with Crippen LogP contribution in [0.4, 0.5) is 0 Å². The van der Waals surface area contributed by atoms with Gasteiger partial charge in [0.05, 0.1) is 18.4 Å². The number of rotatable bonds is 7. The molecule has 1 aromatic heterocycles. The van der Waals surface area contributed by atoms with Gasteiger partial charge in [-0.25, -0.2) is 13.4 Å². The van der Waals surface area contributed by atoms with Gasteiger partial charge >= 0.3 is 0 Å². The van der Waals surface area contributed by atoms with Crippen LogP contribution in [-0.4, -0.2) is 53.0 Å². The van der Waals surface area contributed by atoms with E-state index in [1.807, 2.05) is 42.5 Å². The second kappa shape index (κ2) is 8.89. The zero-order valence-corrected chi connectivity index (χ0v) is 18.1. The van der Waals surface area contributed by atoms with Gasteiger partial charge in [-0.15, -0.1) is 0 Å². The summed E-state index contributed by atoms with van der Waals surface area (Å²) in [6.45, 7) is -0.0890. The van der Waals surface area contributed by atoms with Crippen molar-refractivity contribution in [2.75, 3.05) is 19.3 Å². The minimum atomic E-state index is -3.72. The number of fused-ring (bicyclic) bond motifs is 1. The lowest BCUT2D eigenvalue weighted by molar-refractivity contribution is -0.116. The van der Waals surface area contributed by atoms with Crippen molar-refractivity contribution in [3.05, 3.63) is 71.1 Å². The van der Waals surface area contributed by atoms with Crippen LogP contribution in [0.3, 0.4) is 0 Å². The van der Waals surface area contributed by atoms with E-state index < -0.39 is 27.3 Å². The molecule has 0 bridgehead atoms. The zero-order chi connectivity index (χ0) is 21.0. The predicted octanol–water partition coefficient (Wildman–Crippen LogP) is 3.01. The van der Waals surface area contributed by atoms with E-state index in [4.69, 9.17) is 24.4 Å². The molecule has 3 aromatic rings. The number of nitrogens with zero attached hydrogens (tertiary/aromatic N) is 3. The molecule has 150 valence electrons. The summed E-state index contributed by atoms with van der Waals surface area (Å²) in [6, 6.07) is 16.5. The number of benzene rings is 2. The molecule has 0 amide bonds. The highest BCUT2D eigenvalue weighted by Gasteiger charge is 2.20. The van der Waals surface area contributed by atoms with Crippen LogP contribution >= 0.6 is 24.4 Å². The maximum Gasteiger partial charge on any atom is 0.175 e. The number of sulfone groups is 1. The highest BCUT2D eigenvalue weighted by atomic mass is 32.2. The van der Waals surface area contributed by atoms with E-state index >= 15 is 0 Å². The highest BCUT2D eigenvalue weighted by molar-refractivity contribution is 7.91. The Kier molecular flexibility index (Phi) is 6.51. The molecule has 0 aliphatic rings. The Bertz CT molecular complexity index is 1220. The molecule has 0 atom stereocenters. The summed E-state index contributed by atoms with van der Waals surface area (Å²) in [5.41, 5.74) is 1.49. The number of para-hydroxylation sites is 1. The third kappa shape index (κ3) is 5.31. The van der Waals surface area contributed by atoms with Gasteiger partial charge in [-0.3, -0.25) is 4.79 Å². The quantitative estimate of drug-likeness (QED) is 0.518. The number of hydrogen-bond donors (Lipinski definition) is 0. The van der Waals surface area contributed by atoms with Crippen molar-refractivity contribution < 1.29 is 13.2 Å². The summed E-state index contributed by atoms with van der Waals surface area (Å²) in [5, 5.41) is 0.694. The summed E-state index contributed by atoms with van der Waals surface area (Å²) >= 11 is 10.7. The molecule has 6 nitrogen and oxygen atoms in total. The van der Waals surface area contributed by atoms with Gasteiger partial charge in [0.2, 0.25) is 0 Å². The topological polar surface area (TPSA) is 72.3 Å². The van der Waals surface area contributed by atoms with Crippen molar-refractivity contribution in [1.29, 1.82) is 0 Å². The van der Waals surface area contributed by atoms with Crippen molar-refractivity contribution in [2.45, 2.75) is 5.88 Å². The van der Waals surface area contributed by atoms with Crippen LogP contribution in [0.25, 0.3) is 10.9 Å². The monoisotopic (exact) mass is 445 g/mol. The number of carbonyl (C=O) groups excluding carboxylic acids is 1. The zero-order valence-electron chi connectivity index (χ0n) is 15.7. The molecule has 0 fully saturated rings. The Morgan fingerprint density at radius 2 is 1.76 bits per heavy atom. The van der Waals surface area contributed by atoms with E-state index in [2.05, 4.69) is 4.98 Å². The molecule has 0 aliphatic heterocycles. The minimum Gasteiger partial charge on any atom is -0.358 e. The first-order valence-corrected chi connectivity index (χ1v) is 11.4. The number of aromatic nitrogens is 2. The smallest absolute Gasteiger partial charge is 0.175 e. The van der Waals surface area contributed by atoms with Crippen LogP contribution in [0.1, 0.15) is 5.56 Å². The third-order valence-corrected chi connectivity index (χ3v) is 6.66. The van der Waals surface area contributed by atoms with Crippen molar-refractivity contribution >= 4 is 55.9 Å². The normalized spacial score (nSPS) is 11.3. The summed E-state index contributed by atoms with van der Waals surface area (Å²) < 4.78 is 26.8. The van der Waals surface area contributed by atoms with Crippen molar-refractivity contribution in [1.82, 2.24) is 14.5 Å². The van der Waals surface area contributed by atoms with Crippen molar-refractivity contribution in [2.24, 2.45) is 0 Å². The number of thiocarbonyl (C=S) groups is 1. The Labute approximate surface area is 179 Å². The van der Waals surface area contributed by atoms with Gasteiger partial charge in [0.1, 0.15) is 21.3 Å². The lowest BCUT2D eigenvalue weighted by atomic mass is 10.2. The van der Waals surface area contributed by atoms with Crippen LogP contribution in [0, 0.1) is 4.64 Å². The second-order valence-corrected chi connectivity index (χ2v) is 9.43. The van der Waals surface area contributed by atoms with E-state index in [1.165, 1.54) is 10.9 Å². The van der Waals surface area contributed by atoms with E-state index in [1.54, 1.807) is 24.1 Å². The van der Waals surface area contributed by atoms with Gasteiger partial charge in [0, 0.05) is 18.0 Å². The van der Waals surface area contributed by atoms with E-state index in [9.17, 15) is 13.2 Å². The largest absolute Gasteiger partial charge is 0.358 e. The SMILES string of the molecule is CN(CC(=O)CS(=O)(=O)Cn1cnc2ccccc2c1=S)C(=S)c1ccccc1. The van der Waals surface area contributed by atoms with Crippen LogP contribution in [0.15, 0.2) is 60.9 Å². The predicted molar refractivity (Wildman–Crippen MR) is 120 cm³/mol. The van der Waals surface area contributed by atoms with Crippen LogP contribution in [0.5, 0.6) is 0 Å². The molecule has 9 heteroatoms. The summed E-state index contributed by atoms with van der Waals surface area (Å²) in [5.74, 6) is -1.43. The summed E-state index contributed by atoms with van der Waals surface area (Å²) in [7, 11) is -2.05. The van der Waals surface area contributed by atoms with Gasteiger partial charge in [-0.2, -0.15) is 0 Å². The number of carbonyl (C=O) groups is 1. The maximum absolute atomic E-state index is 12.6. The first-order valence-electron chi connectivity index (χ1n) is 8.74. The Morgan fingerprint density at radius 3 is 2.48 bits per heavy atom. The third-order valence-electron chi connectivity index (χ3n) is 4.23. The molecule has 0 saturated heterocycles. The molecule has 29 heavy (non-hydrogen) atoms. The Balaban J connectivity index is 1.68. The lowest BCUT2D eigenvalue weighted by Gasteiger charge is -2.19. The van der Waals surface area contributed by atoms with Crippen molar-refractivity contribution in [3.8, 4) is 0 Å². The molecular formula is C20H19N3O3S3. The van der Waals surface area contributed by atoms with Gasteiger partial charge in [0.15, 0.2) is 15.6 Å². The molecule has 3 rings (SSSR count). The van der Waals surface area contributed by atoms with Gasteiger partial charge in [0.25, 0.3) is 0 Å². The molecule has 0 radical (unpaired) electrons. The van der Waals surface area contributed by atoms with Crippen molar-refractivity contribution in [3.63, 3.8) is 0 Å². The molecule has 1 heterocycles. The molecule has 0 unspecified atom stereocenters. The van der Waals surface area contributed by atoms with E-state index in [-0.39, 0.29) is 6.54 Å². The first kappa shape index (κ1) is 21.2. The molecule has 0 saturated carbocycles. The average Bonchev–Trinajstić information content (AvgIpc) is 2.69. The van der Waals surface area contributed by atoms with Crippen LogP contribution < -0.4 is 0 Å². The molecule has 0 N–H and O–H groups in total. The Morgan fingerprint density at radius 1 is 1.10 bits per heavy atom. The van der Waals surface area contributed by atoms with Crippen LogP contribution in [-0.2, 0) is 20.5 Å². The number of hydrogen-bond acceptors (Lipinski definition) is 6. The standard InChI is InChI=1S/C20H19N3O3S3/c1-22(19(27)15-7-3-2-4-8-15)11-16(24)12-29(25,26)14-23-13-21-18-10-6-5-9-17(18)20(23)28/h2-10,13H,11-12,14H2,1H3. The maximum atomic E-state index is 12.6. The number of Topliss-reactive ketones (excluding diaryl/α,β-unsaturated/α-hetero) is 1. The lowest BCUT2D eigenvalue weighted by Crippen LogP contribution is -2.34. The molecule has 0 aliphatic carbocycles. The summed E-state index contributed by atoms with van der Waals surface area (Å²) in [4.78, 5) is 18.7. The van der Waals surface area contributed by atoms with Gasteiger partial charge in [-0.1, -0.05) is 66.9 Å². The fourth-order valence-corrected chi connectivity index (χ4v) is 4.74. The highest BCUT2D eigenvalue weighted by Crippen LogP contribution is 2.13. The number of ketones is 1.